The monoisotopic (exact) mass is 249 g/mol. The molecule has 1 aromatic rings. The van der Waals surface area contributed by atoms with Gasteiger partial charge in [0.05, 0.1) is 20.1 Å². The molecule has 0 saturated carbocycles. The van der Waals surface area contributed by atoms with Crippen LogP contribution in [0, 0.1) is 5.92 Å². The number of rotatable bonds is 4. The fourth-order valence-corrected chi connectivity index (χ4v) is 2.24. The molecule has 2 unspecified atom stereocenters. The average molecular weight is 249 g/mol. The Kier molecular flexibility index (Phi) is 4.20. The Morgan fingerprint density at radius 3 is 3.06 bits per heavy atom. The number of para-hydroxylation sites is 1. The Bertz CT molecular complexity index is 419. The van der Waals surface area contributed by atoms with Crippen LogP contribution in [0.4, 0.5) is 0 Å². The van der Waals surface area contributed by atoms with E-state index in [4.69, 9.17) is 4.74 Å². The maximum absolute atomic E-state index is 11.1. The van der Waals surface area contributed by atoms with Gasteiger partial charge in [-0.2, -0.15) is 0 Å². The van der Waals surface area contributed by atoms with E-state index in [2.05, 4.69) is 23.0 Å². The van der Waals surface area contributed by atoms with Gasteiger partial charge in [-0.05, 0) is 6.07 Å². The summed E-state index contributed by atoms with van der Waals surface area (Å²) in [6.45, 7) is 3.47. The zero-order chi connectivity index (χ0) is 13.0. The minimum atomic E-state index is -0.185. The zero-order valence-corrected chi connectivity index (χ0v) is 10.8. The third kappa shape index (κ3) is 2.82. The summed E-state index contributed by atoms with van der Waals surface area (Å²) in [5, 5.41) is 3.41. The summed E-state index contributed by atoms with van der Waals surface area (Å²) in [7, 11) is 1.41. The average Bonchev–Trinajstić information content (AvgIpc) is 2.41. The molecule has 1 aliphatic heterocycles. The number of carbonyl (C=O) groups is 1. The first kappa shape index (κ1) is 12.9. The lowest BCUT2D eigenvalue weighted by Crippen LogP contribution is -2.35. The molecule has 0 radical (unpaired) electrons. The molecule has 0 bridgehead atoms. The highest BCUT2D eigenvalue weighted by atomic mass is 16.5. The van der Waals surface area contributed by atoms with Gasteiger partial charge in [-0.25, -0.2) is 0 Å². The lowest BCUT2D eigenvalue weighted by molar-refractivity contribution is -0.140. The van der Waals surface area contributed by atoms with Crippen LogP contribution >= 0.6 is 0 Å². The highest BCUT2D eigenvalue weighted by Gasteiger charge is 2.27. The minimum absolute atomic E-state index is 0.185. The molecule has 4 heteroatoms. The highest BCUT2D eigenvalue weighted by Crippen LogP contribution is 2.34. The molecule has 4 nitrogen and oxygen atoms in total. The van der Waals surface area contributed by atoms with E-state index >= 15 is 0 Å². The second-order valence-corrected chi connectivity index (χ2v) is 4.58. The maximum Gasteiger partial charge on any atom is 0.306 e. The topological polar surface area (TPSA) is 47.6 Å². The van der Waals surface area contributed by atoms with Crippen LogP contribution in [0.25, 0.3) is 0 Å². The Balaban J connectivity index is 2.01. The first-order valence-corrected chi connectivity index (χ1v) is 6.24. The molecule has 0 amide bonds. The molecular formula is C14H19NO3. The van der Waals surface area contributed by atoms with Gasteiger partial charge in [-0.1, -0.05) is 25.1 Å². The van der Waals surface area contributed by atoms with Crippen LogP contribution in [-0.2, 0) is 9.53 Å². The van der Waals surface area contributed by atoms with Gasteiger partial charge in [-0.15, -0.1) is 0 Å². The minimum Gasteiger partial charge on any atom is -0.493 e. The summed E-state index contributed by atoms with van der Waals surface area (Å²) in [6.07, 6.45) is 0.392. The molecule has 1 aliphatic rings. The molecule has 18 heavy (non-hydrogen) atoms. The largest absolute Gasteiger partial charge is 0.493 e. The van der Waals surface area contributed by atoms with Crippen LogP contribution in [-0.4, -0.2) is 26.2 Å². The number of fused-ring (bicyclic) bond motifs is 1. The van der Waals surface area contributed by atoms with Crippen LogP contribution in [0.3, 0.4) is 0 Å². The van der Waals surface area contributed by atoms with Gasteiger partial charge in [0.1, 0.15) is 5.75 Å². The molecule has 1 heterocycles. The van der Waals surface area contributed by atoms with Gasteiger partial charge in [0.2, 0.25) is 0 Å². The Morgan fingerprint density at radius 1 is 1.50 bits per heavy atom. The van der Waals surface area contributed by atoms with Crippen molar-refractivity contribution in [3.8, 4) is 5.75 Å². The first-order chi connectivity index (χ1) is 8.72. The molecule has 1 N–H and O–H groups in total. The number of ether oxygens (including phenoxy) is 2. The molecule has 2 rings (SSSR count). The number of nitrogens with one attached hydrogen (secondary N) is 1. The SMILES string of the molecule is COC(=O)CCNC1c2ccccc2OCC1C. The van der Waals surface area contributed by atoms with E-state index in [0.717, 1.165) is 5.75 Å². The van der Waals surface area contributed by atoms with E-state index < -0.39 is 0 Å². The van der Waals surface area contributed by atoms with Crippen LogP contribution < -0.4 is 10.1 Å². The quantitative estimate of drug-likeness (QED) is 0.828. The second kappa shape index (κ2) is 5.87. The van der Waals surface area contributed by atoms with Gasteiger partial charge in [-0.3, -0.25) is 4.79 Å². The van der Waals surface area contributed by atoms with Crippen LogP contribution in [0.15, 0.2) is 24.3 Å². The number of esters is 1. The predicted molar refractivity (Wildman–Crippen MR) is 68.5 cm³/mol. The summed E-state index contributed by atoms with van der Waals surface area (Å²) in [5.74, 6) is 1.14. The molecule has 0 aliphatic carbocycles. The standard InChI is InChI=1S/C14H19NO3/c1-10-9-18-12-6-4-3-5-11(12)14(10)15-8-7-13(16)17-2/h3-6,10,14-15H,7-9H2,1-2H3. The van der Waals surface area contributed by atoms with Crippen molar-refractivity contribution in [2.24, 2.45) is 5.92 Å². The van der Waals surface area contributed by atoms with Crippen molar-refractivity contribution in [3.63, 3.8) is 0 Å². The molecule has 0 spiro atoms. The number of carbonyl (C=O) groups excluding carboxylic acids is 1. The van der Waals surface area contributed by atoms with Crippen molar-refractivity contribution in [3.05, 3.63) is 29.8 Å². The van der Waals surface area contributed by atoms with Gasteiger partial charge in [0.25, 0.3) is 0 Å². The molecule has 0 fully saturated rings. The van der Waals surface area contributed by atoms with E-state index in [-0.39, 0.29) is 12.0 Å². The molecule has 98 valence electrons. The first-order valence-electron chi connectivity index (χ1n) is 6.24. The third-order valence-electron chi connectivity index (χ3n) is 3.25. The van der Waals surface area contributed by atoms with Crippen LogP contribution in [0.2, 0.25) is 0 Å². The highest BCUT2D eigenvalue weighted by molar-refractivity contribution is 5.69. The van der Waals surface area contributed by atoms with Crippen molar-refractivity contribution in [2.45, 2.75) is 19.4 Å². The van der Waals surface area contributed by atoms with E-state index in [1.807, 2.05) is 18.2 Å². The predicted octanol–water partition coefficient (Wildman–Crippen LogP) is 1.91. The van der Waals surface area contributed by atoms with Gasteiger partial charge in [0.15, 0.2) is 0 Å². The summed E-state index contributed by atoms with van der Waals surface area (Å²) in [5.41, 5.74) is 1.17. The van der Waals surface area contributed by atoms with Crippen LogP contribution in [0.1, 0.15) is 24.9 Å². The molecular weight excluding hydrogens is 230 g/mol. The molecule has 1 aromatic carbocycles. The maximum atomic E-state index is 11.1. The van der Waals surface area contributed by atoms with Crippen molar-refractivity contribution >= 4 is 5.97 Å². The Labute approximate surface area is 107 Å². The van der Waals surface area contributed by atoms with Gasteiger partial charge < -0.3 is 14.8 Å². The van der Waals surface area contributed by atoms with Gasteiger partial charge in [0, 0.05) is 24.1 Å². The number of hydrogen-bond acceptors (Lipinski definition) is 4. The van der Waals surface area contributed by atoms with Gasteiger partial charge >= 0.3 is 5.97 Å². The summed E-state index contributed by atoms with van der Waals surface area (Å²) in [6, 6.07) is 8.27. The van der Waals surface area contributed by atoms with Crippen molar-refractivity contribution in [1.29, 1.82) is 0 Å². The fraction of sp³-hybridized carbons (Fsp3) is 0.500. The van der Waals surface area contributed by atoms with Crippen molar-refractivity contribution in [2.75, 3.05) is 20.3 Å². The van der Waals surface area contributed by atoms with E-state index in [9.17, 15) is 4.79 Å². The summed E-state index contributed by atoms with van der Waals surface area (Å²) in [4.78, 5) is 11.1. The number of benzene rings is 1. The third-order valence-corrected chi connectivity index (χ3v) is 3.25. The van der Waals surface area contributed by atoms with Crippen LogP contribution in [0.5, 0.6) is 5.75 Å². The lowest BCUT2D eigenvalue weighted by atomic mass is 9.92. The van der Waals surface area contributed by atoms with E-state index in [1.165, 1.54) is 12.7 Å². The second-order valence-electron chi connectivity index (χ2n) is 4.58. The lowest BCUT2D eigenvalue weighted by Gasteiger charge is -2.32. The molecule has 0 aromatic heterocycles. The smallest absolute Gasteiger partial charge is 0.306 e. The van der Waals surface area contributed by atoms with E-state index in [0.29, 0.717) is 25.5 Å². The number of methoxy groups -OCH3 is 1. The summed E-state index contributed by atoms with van der Waals surface area (Å²) < 4.78 is 10.3. The van der Waals surface area contributed by atoms with E-state index in [1.54, 1.807) is 0 Å². The normalized spacial score (nSPS) is 21.9. The summed E-state index contributed by atoms with van der Waals surface area (Å²) >= 11 is 0. The molecule has 2 atom stereocenters. The fourth-order valence-electron chi connectivity index (χ4n) is 2.24. The number of hydrogen-bond donors (Lipinski definition) is 1. The zero-order valence-electron chi connectivity index (χ0n) is 10.8. The molecule has 0 saturated heterocycles. The Hall–Kier alpha value is -1.55. The van der Waals surface area contributed by atoms with Crippen molar-refractivity contribution < 1.29 is 14.3 Å². The van der Waals surface area contributed by atoms with Crippen molar-refractivity contribution in [1.82, 2.24) is 5.32 Å². The Morgan fingerprint density at radius 2 is 2.28 bits per heavy atom.